The Morgan fingerprint density at radius 1 is 1.19 bits per heavy atom. The van der Waals surface area contributed by atoms with E-state index in [0.29, 0.717) is 30.7 Å². The quantitative estimate of drug-likeness (QED) is 0.760. The molecule has 2 unspecified atom stereocenters. The van der Waals surface area contributed by atoms with Gasteiger partial charge in [0.1, 0.15) is 0 Å². The second-order valence-corrected chi connectivity index (χ2v) is 6.33. The Morgan fingerprint density at radius 2 is 1.90 bits per heavy atom. The molecule has 1 saturated carbocycles. The van der Waals surface area contributed by atoms with Gasteiger partial charge in [-0.25, -0.2) is 17.5 Å². The summed E-state index contributed by atoms with van der Waals surface area (Å²) in [5.41, 5.74) is 0. The number of thiol groups is 1. The largest absolute Gasteiger partial charge is 0.490 e. The van der Waals surface area contributed by atoms with Crippen LogP contribution >= 0.6 is 0 Å². The smallest absolute Gasteiger partial charge is 0.201 e. The van der Waals surface area contributed by atoms with Gasteiger partial charge in [-0.2, -0.15) is 0 Å². The van der Waals surface area contributed by atoms with Crippen LogP contribution in [0.2, 0.25) is 0 Å². The SMILES string of the molecule is O=[SH](=O)NCCC1CCCCC1COc1ccccc1F. The van der Waals surface area contributed by atoms with Crippen LogP contribution in [0.4, 0.5) is 4.39 Å². The molecule has 0 aliphatic heterocycles. The van der Waals surface area contributed by atoms with Crippen molar-refractivity contribution in [1.29, 1.82) is 0 Å². The molecule has 0 radical (unpaired) electrons. The van der Waals surface area contributed by atoms with Crippen molar-refractivity contribution in [2.75, 3.05) is 13.2 Å². The summed E-state index contributed by atoms with van der Waals surface area (Å²) in [5, 5.41) is 0. The van der Waals surface area contributed by atoms with E-state index in [0.717, 1.165) is 25.7 Å². The zero-order chi connectivity index (χ0) is 15.1. The lowest BCUT2D eigenvalue weighted by molar-refractivity contribution is 0.140. The van der Waals surface area contributed by atoms with Crippen molar-refractivity contribution in [2.45, 2.75) is 32.1 Å². The molecule has 0 heterocycles. The number of benzene rings is 1. The zero-order valence-corrected chi connectivity index (χ0v) is 12.9. The molecule has 0 aromatic heterocycles. The van der Waals surface area contributed by atoms with E-state index < -0.39 is 10.9 Å². The van der Waals surface area contributed by atoms with E-state index in [9.17, 15) is 12.8 Å². The lowest BCUT2D eigenvalue weighted by atomic mass is 9.78. The van der Waals surface area contributed by atoms with Gasteiger partial charge in [-0.05, 0) is 36.8 Å². The van der Waals surface area contributed by atoms with E-state index in [2.05, 4.69) is 4.72 Å². The molecular weight excluding hydrogens is 293 g/mol. The van der Waals surface area contributed by atoms with Crippen molar-refractivity contribution in [3.63, 3.8) is 0 Å². The normalized spacial score (nSPS) is 22.4. The number of para-hydroxylation sites is 1. The van der Waals surface area contributed by atoms with Crippen LogP contribution in [0.1, 0.15) is 32.1 Å². The van der Waals surface area contributed by atoms with Crippen LogP contribution in [0, 0.1) is 17.7 Å². The van der Waals surface area contributed by atoms with Crippen molar-refractivity contribution in [3.8, 4) is 5.75 Å². The number of hydrogen-bond acceptors (Lipinski definition) is 3. The molecule has 1 aromatic carbocycles. The lowest BCUT2D eigenvalue weighted by Crippen LogP contribution is -2.28. The minimum Gasteiger partial charge on any atom is -0.490 e. The maximum absolute atomic E-state index is 13.5. The van der Waals surface area contributed by atoms with Crippen molar-refractivity contribution in [3.05, 3.63) is 30.1 Å². The molecule has 1 fully saturated rings. The van der Waals surface area contributed by atoms with Gasteiger partial charge < -0.3 is 4.74 Å². The van der Waals surface area contributed by atoms with Crippen LogP contribution in [0.5, 0.6) is 5.75 Å². The average Bonchev–Trinajstić information content (AvgIpc) is 2.47. The molecule has 4 nitrogen and oxygen atoms in total. The van der Waals surface area contributed by atoms with Crippen molar-refractivity contribution < 1.29 is 17.5 Å². The van der Waals surface area contributed by atoms with Gasteiger partial charge in [0.15, 0.2) is 11.6 Å². The standard InChI is InChI=1S/C15H22FNO3S/c16-14-7-3-4-8-15(14)20-11-13-6-2-1-5-12(13)9-10-17-21(18)19/h3-4,7-8,12-13,21H,1-2,5-6,9-11H2,(H,17,18,19). The molecule has 1 aliphatic rings. The summed E-state index contributed by atoms with van der Waals surface area (Å²) in [5.74, 6) is 0.759. The number of rotatable bonds is 7. The monoisotopic (exact) mass is 315 g/mol. The highest BCUT2D eigenvalue weighted by molar-refractivity contribution is 7.70. The van der Waals surface area contributed by atoms with Gasteiger partial charge >= 0.3 is 0 Å². The van der Waals surface area contributed by atoms with Crippen LogP contribution in [-0.2, 0) is 10.9 Å². The van der Waals surface area contributed by atoms with Gasteiger partial charge in [-0.3, -0.25) is 0 Å². The van der Waals surface area contributed by atoms with Crippen molar-refractivity contribution in [1.82, 2.24) is 4.72 Å². The third-order valence-electron chi connectivity index (χ3n) is 4.11. The Hall–Kier alpha value is -1.14. The predicted octanol–water partition coefficient (Wildman–Crippen LogP) is 2.52. The van der Waals surface area contributed by atoms with Crippen LogP contribution in [0.3, 0.4) is 0 Å². The van der Waals surface area contributed by atoms with E-state index in [4.69, 9.17) is 4.74 Å². The van der Waals surface area contributed by atoms with E-state index >= 15 is 0 Å². The third-order valence-corrected chi connectivity index (χ3v) is 4.59. The first-order valence-corrected chi connectivity index (χ1v) is 8.60. The molecule has 0 amide bonds. The molecule has 0 spiro atoms. The maximum Gasteiger partial charge on any atom is 0.201 e. The van der Waals surface area contributed by atoms with Crippen LogP contribution in [-0.4, -0.2) is 21.6 Å². The fourth-order valence-electron chi connectivity index (χ4n) is 2.98. The molecule has 21 heavy (non-hydrogen) atoms. The van der Waals surface area contributed by atoms with Crippen LogP contribution in [0.15, 0.2) is 24.3 Å². The van der Waals surface area contributed by atoms with Gasteiger partial charge in [-0.15, -0.1) is 0 Å². The van der Waals surface area contributed by atoms with E-state index in [-0.39, 0.29) is 5.82 Å². The van der Waals surface area contributed by atoms with E-state index in [1.165, 1.54) is 12.5 Å². The summed E-state index contributed by atoms with van der Waals surface area (Å²) >= 11 is 0. The van der Waals surface area contributed by atoms with Crippen molar-refractivity contribution in [2.24, 2.45) is 11.8 Å². The molecule has 0 saturated heterocycles. The zero-order valence-electron chi connectivity index (χ0n) is 12.0. The summed E-state index contributed by atoms with van der Waals surface area (Å²) in [6.07, 6.45) is 5.29. The number of halogens is 1. The number of hydrogen-bond donors (Lipinski definition) is 2. The summed E-state index contributed by atoms with van der Waals surface area (Å²) in [4.78, 5) is 0. The van der Waals surface area contributed by atoms with E-state index in [1.807, 2.05) is 0 Å². The summed E-state index contributed by atoms with van der Waals surface area (Å²) in [6.45, 7) is 0.967. The first-order chi connectivity index (χ1) is 10.2. The van der Waals surface area contributed by atoms with Gasteiger partial charge in [0.2, 0.25) is 10.9 Å². The Kier molecular flexibility index (Phi) is 6.45. The highest BCUT2D eigenvalue weighted by Gasteiger charge is 2.25. The second-order valence-electron chi connectivity index (χ2n) is 5.50. The summed E-state index contributed by atoms with van der Waals surface area (Å²) < 4.78 is 42.7. The highest BCUT2D eigenvalue weighted by atomic mass is 32.2. The van der Waals surface area contributed by atoms with Crippen LogP contribution < -0.4 is 9.46 Å². The molecule has 2 rings (SSSR count). The van der Waals surface area contributed by atoms with Gasteiger partial charge in [0, 0.05) is 6.54 Å². The minimum absolute atomic E-state index is 0.294. The third kappa shape index (κ3) is 5.28. The second kappa shape index (κ2) is 8.34. The molecule has 118 valence electrons. The fraction of sp³-hybridized carbons (Fsp3) is 0.600. The van der Waals surface area contributed by atoms with Crippen molar-refractivity contribution >= 4 is 10.9 Å². The minimum atomic E-state index is -2.52. The average molecular weight is 315 g/mol. The Bertz CT molecular complexity index is 513. The molecule has 0 bridgehead atoms. The predicted molar refractivity (Wildman–Crippen MR) is 80.3 cm³/mol. The Labute approximate surface area is 126 Å². The molecule has 6 heteroatoms. The highest BCUT2D eigenvalue weighted by Crippen LogP contribution is 2.33. The van der Waals surface area contributed by atoms with E-state index in [1.54, 1.807) is 18.2 Å². The fourth-order valence-corrected chi connectivity index (χ4v) is 3.30. The summed E-state index contributed by atoms with van der Waals surface area (Å²) in [7, 11) is -2.52. The molecular formula is C15H22FNO3S. The maximum atomic E-state index is 13.5. The molecule has 1 N–H and O–H groups in total. The Morgan fingerprint density at radius 3 is 2.62 bits per heavy atom. The van der Waals surface area contributed by atoms with Crippen LogP contribution in [0.25, 0.3) is 0 Å². The van der Waals surface area contributed by atoms with Gasteiger partial charge in [0.25, 0.3) is 0 Å². The molecule has 1 aromatic rings. The lowest BCUT2D eigenvalue weighted by Gasteiger charge is -2.31. The molecule has 2 atom stereocenters. The van der Waals surface area contributed by atoms with Gasteiger partial charge in [0.05, 0.1) is 6.61 Å². The topological polar surface area (TPSA) is 55.4 Å². The van der Waals surface area contributed by atoms with Gasteiger partial charge in [-0.1, -0.05) is 31.4 Å². The number of nitrogens with one attached hydrogen (secondary N) is 1. The summed E-state index contributed by atoms with van der Waals surface area (Å²) in [6, 6.07) is 6.42. The molecule has 1 aliphatic carbocycles. The first-order valence-electron chi connectivity index (χ1n) is 7.42. The Balaban J connectivity index is 1.85. The first kappa shape index (κ1) is 16.2. The number of ether oxygens (including phenoxy) is 1.